The summed E-state index contributed by atoms with van der Waals surface area (Å²) in [6.45, 7) is 2.27. The lowest BCUT2D eigenvalue weighted by molar-refractivity contribution is 0.102. The highest BCUT2D eigenvalue weighted by Crippen LogP contribution is 2.40. The van der Waals surface area contributed by atoms with E-state index in [0.717, 1.165) is 11.5 Å². The van der Waals surface area contributed by atoms with Gasteiger partial charge in [0.1, 0.15) is 0 Å². The first-order chi connectivity index (χ1) is 13.8. The van der Waals surface area contributed by atoms with Crippen LogP contribution in [0.5, 0.6) is 5.06 Å². The topological polar surface area (TPSA) is 9.23 Å². The fraction of sp³-hybridized carbons (Fsp3) is 0.385. The van der Waals surface area contributed by atoms with Crippen molar-refractivity contribution in [1.82, 2.24) is 0 Å². The van der Waals surface area contributed by atoms with Gasteiger partial charge in [-0.2, -0.15) is 0 Å². The van der Waals surface area contributed by atoms with Gasteiger partial charge < -0.3 is 4.74 Å². The molecule has 0 unspecified atom stereocenters. The van der Waals surface area contributed by atoms with Gasteiger partial charge in [0.25, 0.3) is 0 Å². The third-order valence-corrected chi connectivity index (χ3v) is 6.13. The molecule has 0 atom stereocenters. The van der Waals surface area contributed by atoms with E-state index in [2.05, 4.69) is 85.1 Å². The zero-order valence-corrected chi connectivity index (χ0v) is 17.8. The first-order valence-electron chi connectivity index (χ1n) is 10.7. The molecule has 0 saturated carbocycles. The molecule has 148 valence electrons. The van der Waals surface area contributed by atoms with Gasteiger partial charge in [-0.3, -0.25) is 0 Å². The van der Waals surface area contributed by atoms with Crippen molar-refractivity contribution in [2.75, 3.05) is 0 Å². The number of hydrogen-bond acceptors (Lipinski definition) is 2. The molecule has 28 heavy (non-hydrogen) atoms. The Morgan fingerprint density at radius 2 is 1.25 bits per heavy atom. The number of ether oxygens (including phenoxy) is 1. The van der Waals surface area contributed by atoms with Crippen molar-refractivity contribution in [3.05, 3.63) is 89.3 Å². The molecule has 0 saturated heterocycles. The molecule has 0 fully saturated rings. The summed E-state index contributed by atoms with van der Waals surface area (Å²) in [5, 5.41) is 3.07. The Hall–Kier alpha value is -2.06. The highest BCUT2D eigenvalue weighted by Gasteiger charge is 2.36. The molecule has 1 nitrogen and oxygen atoms in total. The molecule has 0 radical (unpaired) electrons. The Morgan fingerprint density at radius 1 is 0.679 bits per heavy atom. The zero-order valence-electron chi connectivity index (χ0n) is 17.0. The van der Waals surface area contributed by atoms with Crippen LogP contribution < -0.4 is 4.74 Å². The molecule has 0 aliphatic rings. The van der Waals surface area contributed by atoms with Gasteiger partial charge in [-0.05, 0) is 41.5 Å². The van der Waals surface area contributed by atoms with Crippen LogP contribution in [0.3, 0.4) is 0 Å². The minimum atomic E-state index is -0.434. The third-order valence-electron chi connectivity index (χ3n) is 5.38. The van der Waals surface area contributed by atoms with E-state index in [-0.39, 0.29) is 0 Å². The second kappa shape index (κ2) is 11.1. The van der Waals surface area contributed by atoms with Gasteiger partial charge in [0, 0.05) is 0 Å². The van der Waals surface area contributed by atoms with Gasteiger partial charge in [0.15, 0.2) is 10.7 Å². The standard InChI is InChI=1S/C26H32OS/c1-2-3-4-5-6-7-14-21-26(23-16-10-8-11-17-23,24-18-12-9-13-19-24)27-25-20-15-22-28-25/h8-13,15-20,22H,2-7,14,21H2,1H3. The third kappa shape index (κ3) is 5.48. The van der Waals surface area contributed by atoms with Gasteiger partial charge in [-0.15, -0.1) is 11.3 Å². The Bertz CT molecular complexity index is 725. The van der Waals surface area contributed by atoms with E-state index in [1.807, 2.05) is 0 Å². The molecule has 2 heteroatoms. The van der Waals surface area contributed by atoms with Crippen molar-refractivity contribution in [2.45, 2.75) is 63.9 Å². The van der Waals surface area contributed by atoms with E-state index in [4.69, 9.17) is 4.74 Å². The Morgan fingerprint density at radius 3 is 1.79 bits per heavy atom. The van der Waals surface area contributed by atoms with Crippen molar-refractivity contribution in [1.29, 1.82) is 0 Å². The highest BCUT2D eigenvalue weighted by atomic mass is 32.1. The molecule has 0 aliphatic carbocycles. The maximum absolute atomic E-state index is 6.78. The molecular weight excluding hydrogens is 360 g/mol. The molecule has 2 aromatic carbocycles. The minimum absolute atomic E-state index is 0.434. The first-order valence-corrected chi connectivity index (χ1v) is 11.6. The zero-order chi connectivity index (χ0) is 19.5. The second-order valence-corrected chi connectivity index (χ2v) is 8.37. The summed E-state index contributed by atoms with van der Waals surface area (Å²) >= 11 is 1.67. The van der Waals surface area contributed by atoms with Crippen molar-refractivity contribution < 1.29 is 4.74 Å². The summed E-state index contributed by atoms with van der Waals surface area (Å²) in [5.74, 6) is 0. The number of unbranched alkanes of at least 4 members (excludes halogenated alkanes) is 6. The van der Waals surface area contributed by atoms with E-state index < -0.39 is 5.60 Å². The monoisotopic (exact) mass is 392 g/mol. The molecule has 0 aliphatic heterocycles. The molecule has 1 aromatic heterocycles. The van der Waals surface area contributed by atoms with Gasteiger partial charge >= 0.3 is 0 Å². The first kappa shape index (κ1) is 20.7. The maximum Gasteiger partial charge on any atom is 0.175 e. The van der Waals surface area contributed by atoms with Crippen molar-refractivity contribution >= 4 is 11.3 Å². The Labute approximate surface area is 174 Å². The molecule has 3 rings (SSSR count). The van der Waals surface area contributed by atoms with E-state index in [9.17, 15) is 0 Å². The quantitative estimate of drug-likeness (QED) is 0.282. The number of rotatable bonds is 12. The van der Waals surface area contributed by atoms with Crippen LogP contribution in [0.25, 0.3) is 0 Å². The molecule has 0 N–H and O–H groups in total. The minimum Gasteiger partial charge on any atom is -0.468 e. The smallest absolute Gasteiger partial charge is 0.175 e. The normalized spacial score (nSPS) is 11.5. The van der Waals surface area contributed by atoms with Gasteiger partial charge in [-0.25, -0.2) is 0 Å². The van der Waals surface area contributed by atoms with Crippen LogP contribution in [0.4, 0.5) is 0 Å². The van der Waals surface area contributed by atoms with Gasteiger partial charge in [0.2, 0.25) is 0 Å². The van der Waals surface area contributed by atoms with Crippen LogP contribution in [-0.2, 0) is 5.60 Å². The molecule has 1 heterocycles. The number of thiophene rings is 1. The van der Waals surface area contributed by atoms with Crippen molar-refractivity contribution in [3.63, 3.8) is 0 Å². The van der Waals surface area contributed by atoms with Crippen LogP contribution >= 0.6 is 11.3 Å². The van der Waals surface area contributed by atoms with Gasteiger partial charge in [0.05, 0.1) is 0 Å². The van der Waals surface area contributed by atoms with E-state index in [0.29, 0.717) is 0 Å². The molecular formula is C26H32OS. The number of benzene rings is 2. The van der Waals surface area contributed by atoms with Gasteiger partial charge in [-0.1, -0.05) is 106 Å². The van der Waals surface area contributed by atoms with E-state index in [1.165, 1.54) is 56.1 Å². The summed E-state index contributed by atoms with van der Waals surface area (Å²) in [7, 11) is 0. The fourth-order valence-corrected chi connectivity index (χ4v) is 4.50. The Kier molecular flexibility index (Phi) is 8.17. The summed E-state index contributed by atoms with van der Waals surface area (Å²) < 4.78 is 6.78. The largest absolute Gasteiger partial charge is 0.468 e. The molecule has 0 spiro atoms. The SMILES string of the molecule is CCCCCCCCCC(Oc1cccs1)(c1ccccc1)c1ccccc1. The second-order valence-electron chi connectivity index (χ2n) is 7.46. The molecule has 0 amide bonds. The lowest BCUT2D eigenvalue weighted by atomic mass is 9.81. The molecule has 0 bridgehead atoms. The lowest BCUT2D eigenvalue weighted by Crippen LogP contribution is -2.34. The summed E-state index contributed by atoms with van der Waals surface area (Å²) in [4.78, 5) is 0. The van der Waals surface area contributed by atoms with E-state index in [1.54, 1.807) is 11.3 Å². The average Bonchev–Trinajstić information content (AvgIpc) is 3.26. The molecule has 3 aromatic rings. The Balaban J connectivity index is 1.83. The average molecular weight is 393 g/mol. The van der Waals surface area contributed by atoms with Crippen molar-refractivity contribution in [2.24, 2.45) is 0 Å². The maximum atomic E-state index is 6.78. The highest BCUT2D eigenvalue weighted by molar-refractivity contribution is 7.11. The number of hydrogen-bond donors (Lipinski definition) is 0. The van der Waals surface area contributed by atoms with Crippen LogP contribution in [0.1, 0.15) is 69.4 Å². The predicted molar refractivity (Wildman–Crippen MR) is 121 cm³/mol. The predicted octanol–water partition coefficient (Wildman–Crippen LogP) is 8.21. The van der Waals surface area contributed by atoms with Crippen LogP contribution in [0.15, 0.2) is 78.2 Å². The van der Waals surface area contributed by atoms with E-state index >= 15 is 0 Å². The van der Waals surface area contributed by atoms with Crippen LogP contribution in [0.2, 0.25) is 0 Å². The van der Waals surface area contributed by atoms with Crippen molar-refractivity contribution in [3.8, 4) is 5.06 Å². The van der Waals surface area contributed by atoms with Crippen LogP contribution in [-0.4, -0.2) is 0 Å². The summed E-state index contributed by atoms with van der Waals surface area (Å²) in [6, 6.07) is 25.6. The van der Waals surface area contributed by atoms with Crippen LogP contribution in [0, 0.1) is 0 Å². The lowest BCUT2D eigenvalue weighted by Gasteiger charge is -2.35. The summed E-state index contributed by atoms with van der Waals surface area (Å²) in [5.41, 5.74) is 2.04. The fourth-order valence-electron chi connectivity index (χ4n) is 3.86. The summed E-state index contributed by atoms with van der Waals surface area (Å²) in [6.07, 6.45) is 10.1.